The third-order valence-corrected chi connectivity index (χ3v) is 6.04. The van der Waals surface area contributed by atoms with E-state index in [0.717, 1.165) is 50.6 Å². The van der Waals surface area contributed by atoms with Gasteiger partial charge in [-0.05, 0) is 48.6 Å². The van der Waals surface area contributed by atoms with E-state index in [9.17, 15) is 0 Å². The minimum absolute atomic E-state index is 0. The summed E-state index contributed by atoms with van der Waals surface area (Å²) in [6.45, 7) is 3.63. The van der Waals surface area contributed by atoms with Crippen molar-refractivity contribution in [3.05, 3.63) is 76.9 Å². The number of hydrogen-bond donors (Lipinski definition) is 2. The Hall–Kier alpha value is -2.00. The lowest BCUT2D eigenvalue weighted by Gasteiger charge is -2.34. The van der Waals surface area contributed by atoms with Gasteiger partial charge in [-0.3, -0.25) is 0 Å². The summed E-state index contributed by atoms with van der Waals surface area (Å²) in [7, 11) is 0. The smallest absolute Gasteiger partial charge is 0.191 e. The van der Waals surface area contributed by atoms with Gasteiger partial charge < -0.3 is 20.0 Å². The van der Waals surface area contributed by atoms with Crippen LogP contribution in [-0.2, 0) is 13.0 Å². The summed E-state index contributed by atoms with van der Waals surface area (Å²) in [5, 5.41) is 9.24. The van der Waals surface area contributed by atoms with Crippen molar-refractivity contribution < 1.29 is 4.42 Å². The first-order valence-electron chi connectivity index (χ1n) is 10.3. The molecule has 0 unspecified atom stereocenters. The fraction of sp³-hybridized carbons (Fsp3) is 0.348. The monoisotopic (exact) mass is 536 g/mol. The molecule has 1 aliphatic rings. The molecule has 1 fully saturated rings. The number of benzene rings is 1. The SMILES string of the molecule is I.c1ccc(N2CCC(NC(=NCc3cccs3)NCCc3ccco3)CC2)cc1. The molecule has 7 heteroatoms. The van der Waals surface area contributed by atoms with Gasteiger partial charge in [-0.15, -0.1) is 35.3 Å². The van der Waals surface area contributed by atoms with Crippen molar-refractivity contribution >= 4 is 47.0 Å². The van der Waals surface area contributed by atoms with Crippen molar-refractivity contribution in [3.8, 4) is 0 Å². The minimum atomic E-state index is 0. The van der Waals surface area contributed by atoms with Crippen LogP contribution in [0.4, 0.5) is 5.69 Å². The Morgan fingerprint density at radius 3 is 2.60 bits per heavy atom. The fourth-order valence-electron chi connectivity index (χ4n) is 3.59. The van der Waals surface area contributed by atoms with Crippen LogP contribution in [0.25, 0.3) is 0 Å². The summed E-state index contributed by atoms with van der Waals surface area (Å²) in [5.41, 5.74) is 1.31. The van der Waals surface area contributed by atoms with Crippen molar-refractivity contribution in [2.24, 2.45) is 4.99 Å². The molecule has 1 aromatic carbocycles. The summed E-state index contributed by atoms with van der Waals surface area (Å²) < 4.78 is 5.43. The number of anilines is 1. The Kier molecular flexibility index (Phi) is 9.07. The van der Waals surface area contributed by atoms with Crippen LogP contribution >= 0.6 is 35.3 Å². The van der Waals surface area contributed by atoms with E-state index in [1.165, 1.54) is 10.6 Å². The molecule has 2 N–H and O–H groups in total. The lowest BCUT2D eigenvalue weighted by atomic mass is 10.0. The number of aliphatic imine (C=N–C) groups is 1. The number of thiophene rings is 1. The zero-order valence-corrected chi connectivity index (χ0v) is 20.1. The molecule has 0 aliphatic carbocycles. The van der Waals surface area contributed by atoms with Crippen LogP contribution < -0.4 is 15.5 Å². The van der Waals surface area contributed by atoms with Crippen LogP contribution in [0.1, 0.15) is 23.5 Å². The highest BCUT2D eigenvalue weighted by atomic mass is 127. The summed E-state index contributed by atoms with van der Waals surface area (Å²) in [4.78, 5) is 8.55. The van der Waals surface area contributed by atoms with Crippen molar-refractivity contribution in [1.82, 2.24) is 10.6 Å². The van der Waals surface area contributed by atoms with Gasteiger partial charge in [0, 0.05) is 42.7 Å². The number of rotatable bonds is 7. The molecule has 1 aliphatic heterocycles. The van der Waals surface area contributed by atoms with E-state index in [4.69, 9.17) is 9.41 Å². The summed E-state index contributed by atoms with van der Waals surface area (Å²) in [5.74, 6) is 1.88. The number of furan rings is 1. The van der Waals surface area contributed by atoms with Crippen molar-refractivity contribution in [1.29, 1.82) is 0 Å². The van der Waals surface area contributed by atoms with E-state index >= 15 is 0 Å². The molecule has 0 amide bonds. The van der Waals surface area contributed by atoms with Crippen LogP contribution in [0.5, 0.6) is 0 Å². The van der Waals surface area contributed by atoms with Gasteiger partial charge in [-0.1, -0.05) is 24.3 Å². The molecule has 0 bridgehead atoms. The molecule has 0 saturated carbocycles. The normalized spacial score (nSPS) is 14.9. The maximum absolute atomic E-state index is 5.43. The minimum Gasteiger partial charge on any atom is -0.469 e. The number of para-hydroxylation sites is 1. The molecule has 0 atom stereocenters. The Bertz CT molecular complexity index is 860. The number of piperidine rings is 1. The van der Waals surface area contributed by atoms with Gasteiger partial charge >= 0.3 is 0 Å². The Morgan fingerprint density at radius 1 is 1.07 bits per heavy atom. The number of nitrogens with one attached hydrogen (secondary N) is 2. The Balaban J connectivity index is 0.00000256. The van der Waals surface area contributed by atoms with Crippen LogP contribution in [-0.4, -0.2) is 31.6 Å². The molecule has 0 radical (unpaired) electrons. The molecule has 30 heavy (non-hydrogen) atoms. The highest BCUT2D eigenvalue weighted by Crippen LogP contribution is 2.19. The summed E-state index contributed by atoms with van der Waals surface area (Å²) >= 11 is 1.75. The maximum atomic E-state index is 5.43. The van der Waals surface area contributed by atoms with Crippen molar-refractivity contribution in [2.45, 2.75) is 31.8 Å². The van der Waals surface area contributed by atoms with Gasteiger partial charge in [0.1, 0.15) is 5.76 Å². The van der Waals surface area contributed by atoms with Gasteiger partial charge in [0.15, 0.2) is 5.96 Å². The topological polar surface area (TPSA) is 52.8 Å². The largest absolute Gasteiger partial charge is 0.469 e. The molecule has 2 aromatic heterocycles. The van der Waals surface area contributed by atoms with Crippen molar-refractivity contribution in [2.75, 3.05) is 24.5 Å². The molecule has 0 spiro atoms. The third-order valence-electron chi connectivity index (χ3n) is 5.17. The standard InChI is InChI=1S/C23H28N4OS.HI/c1-2-6-20(7-3-1)27-14-11-19(12-15-27)26-23(25-18-22-9-5-17-29-22)24-13-10-21-8-4-16-28-21;/h1-9,16-17,19H,10-15,18H2,(H2,24,25,26);1H. The lowest BCUT2D eigenvalue weighted by Crippen LogP contribution is -2.49. The van der Waals surface area contributed by atoms with E-state index < -0.39 is 0 Å². The average Bonchev–Trinajstić information content (AvgIpc) is 3.47. The number of guanidine groups is 1. The van der Waals surface area contributed by atoms with Crippen LogP contribution in [0.3, 0.4) is 0 Å². The highest BCUT2D eigenvalue weighted by Gasteiger charge is 2.20. The predicted molar refractivity (Wildman–Crippen MR) is 136 cm³/mol. The molecule has 1 saturated heterocycles. The third kappa shape index (κ3) is 6.77. The number of nitrogens with zero attached hydrogens (tertiary/aromatic N) is 2. The first-order chi connectivity index (χ1) is 14.4. The zero-order chi connectivity index (χ0) is 19.7. The Morgan fingerprint density at radius 2 is 1.90 bits per heavy atom. The number of halogens is 1. The molecule has 160 valence electrons. The van der Waals surface area contributed by atoms with E-state index in [0.29, 0.717) is 12.6 Å². The van der Waals surface area contributed by atoms with E-state index in [1.54, 1.807) is 17.6 Å². The second-order valence-corrected chi connectivity index (χ2v) is 8.27. The van der Waals surface area contributed by atoms with Gasteiger partial charge in [0.25, 0.3) is 0 Å². The fourth-order valence-corrected chi connectivity index (χ4v) is 4.21. The first-order valence-corrected chi connectivity index (χ1v) is 11.1. The van der Waals surface area contributed by atoms with Crippen molar-refractivity contribution in [3.63, 3.8) is 0 Å². The summed E-state index contributed by atoms with van der Waals surface area (Å²) in [6, 6.07) is 19.3. The van der Waals surface area contributed by atoms with Gasteiger partial charge in [-0.25, -0.2) is 4.99 Å². The molecule has 4 rings (SSSR count). The van der Waals surface area contributed by atoms with Crippen LogP contribution in [0.2, 0.25) is 0 Å². The average molecular weight is 536 g/mol. The van der Waals surface area contributed by atoms with Crippen LogP contribution in [0.15, 0.2) is 75.7 Å². The maximum Gasteiger partial charge on any atom is 0.191 e. The number of hydrogen-bond acceptors (Lipinski definition) is 4. The van der Waals surface area contributed by atoms with Gasteiger partial charge in [0.05, 0.1) is 12.8 Å². The quantitative estimate of drug-likeness (QED) is 0.256. The lowest BCUT2D eigenvalue weighted by molar-refractivity contribution is 0.460. The first kappa shape index (κ1) is 22.7. The van der Waals surface area contributed by atoms with E-state index in [1.807, 2.05) is 12.1 Å². The van der Waals surface area contributed by atoms with E-state index in [2.05, 4.69) is 63.4 Å². The van der Waals surface area contributed by atoms with Crippen LogP contribution in [0, 0.1) is 0 Å². The van der Waals surface area contributed by atoms with E-state index in [-0.39, 0.29) is 24.0 Å². The molecular weight excluding hydrogens is 507 g/mol. The zero-order valence-electron chi connectivity index (χ0n) is 17.0. The second-order valence-electron chi connectivity index (χ2n) is 7.24. The molecule has 5 nitrogen and oxygen atoms in total. The van der Waals surface area contributed by atoms with Gasteiger partial charge in [-0.2, -0.15) is 0 Å². The Labute approximate surface area is 199 Å². The highest BCUT2D eigenvalue weighted by molar-refractivity contribution is 14.0. The second kappa shape index (κ2) is 12.0. The molecule has 3 heterocycles. The van der Waals surface area contributed by atoms with Gasteiger partial charge in [0.2, 0.25) is 0 Å². The molecule has 3 aromatic rings. The summed E-state index contributed by atoms with van der Waals surface area (Å²) in [6.07, 6.45) is 4.78. The molecular formula is C23H29IN4OS. The predicted octanol–water partition coefficient (Wildman–Crippen LogP) is 4.91.